The van der Waals surface area contributed by atoms with Crippen molar-refractivity contribution in [3.63, 3.8) is 0 Å². The summed E-state index contributed by atoms with van der Waals surface area (Å²) in [5, 5.41) is 4.89. The fourth-order valence-electron chi connectivity index (χ4n) is 13.5. The second kappa shape index (κ2) is 17.9. The zero-order valence-corrected chi connectivity index (χ0v) is 42.4. The predicted molar refractivity (Wildman–Crippen MR) is 322 cm³/mol. The van der Waals surface area contributed by atoms with Crippen molar-refractivity contribution >= 4 is 38.6 Å². The van der Waals surface area contributed by atoms with Crippen LogP contribution in [0.3, 0.4) is 0 Å². The topological polar surface area (TPSA) is 3.24 Å². The number of fused-ring (bicyclic) bond motifs is 12. The van der Waals surface area contributed by atoms with E-state index in [4.69, 9.17) is 0 Å². The molecule has 0 bridgehead atoms. The van der Waals surface area contributed by atoms with Crippen molar-refractivity contribution < 1.29 is 0 Å². The normalized spacial score (nSPS) is 13.4. The lowest BCUT2D eigenvalue weighted by Gasteiger charge is -2.50. The highest BCUT2D eigenvalue weighted by Crippen LogP contribution is 2.65. The van der Waals surface area contributed by atoms with Gasteiger partial charge in [0.25, 0.3) is 0 Å². The van der Waals surface area contributed by atoms with Crippen LogP contribution >= 0.6 is 0 Å². The van der Waals surface area contributed by atoms with Crippen LogP contribution in [0.25, 0.3) is 66.1 Å². The lowest BCUT2D eigenvalue weighted by molar-refractivity contribution is 0.624. The van der Waals surface area contributed by atoms with E-state index in [1.165, 1.54) is 111 Å². The quantitative estimate of drug-likeness (QED) is 0.137. The molecule has 15 rings (SSSR count). The Balaban J connectivity index is 0.851. The first-order valence-electron chi connectivity index (χ1n) is 26.8. The smallest absolute Gasteiger partial charge is 0.0720 e. The van der Waals surface area contributed by atoms with E-state index in [2.05, 4.69) is 314 Å². The summed E-state index contributed by atoms with van der Waals surface area (Å²) >= 11 is 0. The Bertz CT molecular complexity index is 4180. The summed E-state index contributed by atoms with van der Waals surface area (Å²) in [5.74, 6) is 0. The van der Waals surface area contributed by atoms with Crippen LogP contribution in [0.1, 0.15) is 44.5 Å². The van der Waals surface area contributed by atoms with E-state index < -0.39 is 10.8 Å². The van der Waals surface area contributed by atoms with Gasteiger partial charge in [0.1, 0.15) is 0 Å². The van der Waals surface area contributed by atoms with Gasteiger partial charge in [0.2, 0.25) is 0 Å². The summed E-state index contributed by atoms with van der Waals surface area (Å²) in [4.78, 5) is 2.38. The van der Waals surface area contributed by atoms with Crippen molar-refractivity contribution in [2.24, 2.45) is 0 Å². The Morgan fingerprint density at radius 3 is 1.10 bits per heavy atom. The van der Waals surface area contributed by atoms with Crippen LogP contribution < -0.4 is 4.90 Å². The van der Waals surface area contributed by atoms with Gasteiger partial charge in [0.05, 0.1) is 10.8 Å². The van der Waals surface area contributed by atoms with Crippen molar-refractivity contribution in [2.45, 2.75) is 10.8 Å². The lowest BCUT2D eigenvalue weighted by Crippen LogP contribution is -2.44. The third-order valence-electron chi connectivity index (χ3n) is 16.8. The van der Waals surface area contributed by atoms with Gasteiger partial charge in [0.15, 0.2) is 0 Å². The molecule has 1 heteroatoms. The van der Waals surface area contributed by atoms with Gasteiger partial charge in [-0.1, -0.05) is 261 Å². The molecule has 0 N–H and O–H groups in total. The van der Waals surface area contributed by atoms with E-state index >= 15 is 0 Å². The van der Waals surface area contributed by atoms with Gasteiger partial charge >= 0.3 is 0 Å². The minimum atomic E-state index is -0.561. The number of anilines is 3. The second-order valence-electron chi connectivity index (χ2n) is 20.7. The third kappa shape index (κ3) is 6.87. The van der Waals surface area contributed by atoms with E-state index in [9.17, 15) is 0 Å². The predicted octanol–water partition coefficient (Wildman–Crippen LogP) is 19.5. The number of benzene rings is 13. The molecule has 360 valence electrons. The monoisotopic (exact) mass is 977 g/mol. The molecule has 0 aliphatic heterocycles. The first-order chi connectivity index (χ1) is 38.2. The third-order valence-corrected chi connectivity index (χ3v) is 16.8. The van der Waals surface area contributed by atoms with Crippen LogP contribution in [0, 0.1) is 0 Å². The zero-order valence-electron chi connectivity index (χ0n) is 42.4. The standard InChI is InChI=1S/C76H51N/c1-5-19-52(20-6-1)54-35-41-62(42-36-54)77(63-43-37-55(38-44-63)53-21-7-2-8-22-53)64-45-48-66-59(50-64)34-33-58-49-56(39-46-65(58)66)57-40-47-68-67-27-13-14-28-69(67)76(74(68)51-57)72-31-17-15-29-70(72)75(60-23-9-3-10-24-60,61-25-11-4-12-26-61)71-30-16-18-32-73(71)76/h1-51H. The van der Waals surface area contributed by atoms with Gasteiger partial charge in [-0.05, 0) is 159 Å². The number of nitrogens with zero attached hydrogens (tertiary/aromatic N) is 1. The molecule has 0 amide bonds. The molecule has 0 atom stereocenters. The van der Waals surface area contributed by atoms with Crippen molar-refractivity contribution in [1.29, 1.82) is 0 Å². The van der Waals surface area contributed by atoms with Crippen LogP contribution in [-0.2, 0) is 10.8 Å². The summed E-state index contributed by atoms with van der Waals surface area (Å²) < 4.78 is 0. The average molecular weight is 978 g/mol. The Morgan fingerprint density at radius 2 is 0.571 bits per heavy atom. The number of hydrogen-bond donors (Lipinski definition) is 0. The van der Waals surface area contributed by atoms with Gasteiger partial charge in [-0.2, -0.15) is 0 Å². The molecule has 0 saturated carbocycles. The highest BCUT2D eigenvalue weighted by atomic mass is 15.1. The molecule has 1 spiro atoms. The molecule has 0 heterocycles. The molecule has 0 radical (unpaired) electrons. The Labute approximate surface area is 450 Å². The second-order valence-corrected chi connectivity index (χ2v) is 20.7. The van der Waals surface area contributed by atoms with E-state index in [-0.39, 0.29) is 0 Å². The van der Waals surface area contributed by atoms with Gasteiger partial charge in [-0.25, -0.2) is 0 Å². The van der Waals surface area contributed by atoms with Crippen LogP contribution in [0.15, 0.2) is 309 Å². The van der Waals surface area contributed by atoms with Crippen LogP contribution in [0.4, 0.5) is 17.1 Å². The molecule has 0 fully saturated rings. The van der Waals surface area contributed by atoms with Crippen molar-refractivity contribution in [1.82, 2.24) is 0 Å². The molecule has 1 nitrogen and oxygen atoms in total. The minimum absolute atomic E-state index is 0.543. The molecule has 13 aromatic rings. The minimum Gasteiger partial charge on any atom is -0.310 e. The van der Waals surface area contributed by atoms with Gasteiger partial charge in [-0.3, -0.25) is 0 Å². The Morgan fingerprint density at radius 1 is 0.208 bits per heavy atom. The summed E-state index contributed by atoms with van der Waals surface area (Å²) in [7, 11) is 0. The molecule has 13 aromatic carbocycles. The maximum Gasteiger partial charge on any atom is 0.0720 e. The highest BCUT2D eigenvalue weighted by molar-refractivity contribution is 6.10. The molecular formula is C76H51N. The van der Waals surface area contributed by atoms with Crippen molar-refractivity contribution in [3.8, 4) is 44.5 Å². The molecular weight excluding hydrogens is 927 g/mol. The maximum atomic E-state index is 2.52. The average Bonchev–Trinajstić information content (AvgIpc) is 3.83. The first-order valence-corrected chi connectivity index (χ1v) is 26.8. The first kappa shape index (κ1) is 44.6. The Kier molecular flexibility index (Phi) is 10.4. The number of hydrogen-bond acceptors (Lipinski definition) is 1. The highest BCUT2D eigenvalue weighted by Gasteiger charge is 2.56. The maximum absolute atomic E-state index is 2.52. The van der Waals surface area contributed by atoms with Crippen LogP contribution in [-0.4, -0.2) is 0 Å². The molecule has 0 aromatic heterocycles. The van der Waals surface area contributed by atoms with Crippen LogP contribution in [0.5, 0.6) is 0 Å². The summed E-state index contributed by atoms with van der Waals surface area (Å²) in [6, 6.07) is 115. The lowest BCUT2D eigenvalue weighted by atomic mass is 9.51. The fraction of sp³-hybridized carbons (Fsp3) is 0.0263. The van der Waals surface area contributed by atoms with Crippen molar-refractivity contribution in [2.75, 3.05) is 4.90 Å². The van der Waals surface area contributed by atoms with Crippen molar-refractivity contribution in [3.05, 3.63) is 354 Å². The Hall–Kier alpha value is -9.82. The largest absolute Gasteiger partial charge is 0.310 e. The van der Waals surface area contributed by atoms with Crippen LogP contribution in [0.2, 0.25) is 0 Å². The van der Waals surface area contributed by atoms with Gasteiger partial charge in [0, 0.05) is 17.1 Å². The van der Waals surface area contributed by atoms with E-state index in [0.29, 0.717) is 0 Å². The SMILES string of the molecule is c1ccc(-c2ccc(N(c3ccc(-c4ccccc4)cc3)c3ccc4c(ccc5cc(-c6ccc7c(c6)C6(c8ccccc8-7)c7ccccc7C(c7ccccc7)(c7ccccc7)c7ccccc76)ccc54)c3)cc2)cc1. The van der Waals surface area contributed by atoms with Gasteiger partial charge < -0.3 is 4.90 Å². The number of rotatable bonds is 8. The molecule has 0 saturated heterocycles. The van der Waals surface area contributed by atoms with E-state index in [0.717, 1.165) is 17.1 Å². The molecule has 2 aliphatic rings. The molecule has 77 heavy (non-hydrogen) atoms. The van der Waals surface area contributed by atoms with E-state index in [1.54, 1.807) is 0 Å². The molecule has 0 unspecified atom stereocenters. The zero-order chi connectivity index (χ0) is 50.9. The van der Waals surface area contributed by atoms with Gasteiger partial charge in [-0.15, -0.1) is 0 Å². The fourth-order valence-corrected chi connectivity index (χ4v) is 13.5. The van der Waals surface area contributed by atoms with E-state index in [1.807, 2.05) is 0 Å². The summed E-state index contributed by atoms with van der Waals surface area (Å²) in [6.45, 7) is 0. The molecule has 2 aliphatic carbocycles. The summed E-state index contributed by atoms with van der Waals surface area (Å²) in [5.41, 5.74) is 22.5. The summed E-state index contributed by atoms with van der Waals surface area (Å²) in [6.07, 6.45) is 0.